The molecule has 0 aliphatic carbocycles. The fourth-order valence-corrected chi connectivity index (χ4v) is 1.74. The van der Waals surface area contributed by atoms with Crippen molar-refractivity contribution < 1.29 is 14.3 Å². The van der Waals surface area contributed by atoms with Crippen LogP contribution in [0.2, 0.25) is 5.15 Å². The summed E-state index contributed by atoms with van der Waals surface area (Å²) in [4.78, 5) is 15.5. The number of carbonyl (C=O) groups excluding carboxylic acids is 1. The van der Waals surface area contributed by atoms with E-state index in [9.17, 15) is 4.79 Å². The lowest BCUT2D eigenvalue weighted by Crippen LogP contribution is -2.13. The van der Waals surface area contributed by atoms with Crippen LogP contribution >= 0.6 is 11.6 Å². The number of hydrogen-bond acceptors (Lipinski definition) is 4. The first-order chi connectivity index (χ1) is 9.66. The van der Waals surface area contributed by atoms with Crippen LogP contribution in [0.4, 0.5) is 0 Å². The highest BCUT2D eigenvalue weighted by Gasteiger charge is 2.11. The molecule has 0 fully saturated rings. The molecule has 4 nitrogen and oxygen atoms in total. The molecule has 1 aromatic heterocycles. The number of carbonyl (C=O) groups is 1. The zero-order valence-electron chi connectivity index (χ0n) is 11.0. The smallest absolute Gasteiger partial charge is 0.341 e. The van der Waals surface area contributed by atoms with Crippen molar-refractivity contribution in [3.05, 3.63) is 58.9 Å². The second-order valence-electron chi connectivity index (χ2n) is 4.14. The largest absolute Gasteiger partial charge is 0.490 e. The van der Waals surface area contributed by atoms with Gasteiger partial charge in [-0.25, -0.2) is 9.78 Å². The number of hydrogen-bond donors (Lipinski definition) is 0. The zero-order chi connectivity index (χ0) is 14.4. The quantitative estimate of drug-likeness (QED) is 0.482. The summed E-state index contributed by atoms with van der Waals surface area (Å²) in [6, 6.07) is 10.8. The van der Waals surface area contributed by atoms with Crippen molar-refractivity contribution in [2.45, 2.75) is 6.92 Å². The molecular weight excluding hydrogens is 278 g/mol. The lowest BCUT2D eigenvalue weighted by molar-refractivity contribution is 0.0450. The monoisotopic (exact) mass is 291 g/mol. The number of nitrogens with zero attached hydrogens (tertiary/aromatic N) is 1. The Bertz CT molecular complexity index is 584. The van der Waals surface area contributed by atoms with E-state index in [1.807, 2.05) is 31.2 Å². The van der Waals surface area contributed by atoms with Gasteiger partial charge in [0, 0.05) is 6.20 Å². The Morgan fingerprint density at radius 2 is 1.95 bits per heavy atom. The minimum atomic E-state index is -0.504. The topological polar surface area (TPSA) is 48.4 Å². The maximum Gasteiger partial charge on any atom is 0.341 e. The van der Waals surface area contributed by atoms with Crippen LogP contribution < -0.4 is 4.74 Å². The summed E-state index contributed by atoms with van der Waals surface area (Å²) in [7, 11) is 0. The number of rotatable bonds is 5. The van der Waals surface area contributed by atoms with Crippen molar-refractivity contribution in [2.75, 3.05) is 13.2 Å². The van der Waals surface area contributed by atoms with E-state index in [2.05, 4.69) is 4.98 Å². The van der Waals surface area contributed by atoms with Crippen LogP contribution in [0.15, 0.2) is 42.6 Å². The molecule has 0 atom stereocenters. The predicted octanol–water partition coefficient (Wildman–Crippen LogP) is 3.28. The molecule has 0 amide bonds. The Morgan fingerprint density at radius 3 is 2.65 bits per heavy atom. The second kappa shape index (κ2) is 6.91. The maximum atomic E-state index is 11.7. The zero-order valence-corrected chi connectivity index (χ0v) is 11.8. The van der Waals surface area contributed by atoms with Gasteiger partial charge in [0.25, 0.3) is 0 Å². The van der Waals surface area contributed by atoms with Gasteiger partial charge >= 0.3 is 5.97 Å². The molecule has 2 aromatic rings. The molecule has 0 unspecified atom stereocenters. The van der Waals surface area contributed by atoms with Gasteiger partial charge in [-0.05, 0) is 31.2 Å². The summed E-state index contributed by atoms with van der Waals surface area (Å²) in [5.74, 6) is 0.238. The maximum absolute atomic E-state index is 11.7. The van der Waals surface area contributed by atoms with Crippen LogP contribution in [0.3, 0.4) is 0 Å². The minimum absolute atomic E-state index is 0.136. The number of ether oxygens (including phenoxy) is 2. The second-order valence-corrected chi connectivity index (χ2v) is 4.50. The number of aromatic nitrogens is 1. The first kappa shape index (κ1) is 14.3. The van der Waals surface area contributed by atoms with Crippen LogP contribution in [-0.2, 0) is 4.74 Å². The third kappa shape index (κ3) is 3.96. The molecule has 2 rings (SSSR count). The molecule has 0 spiro atoms. The molecule has 1 aromatic carbocycles. The van der Waals surface area contributed by atoms with Crippen LogP contribution in [0.1, 0.15) is 15.9 Å². The van der Waals surface area contributed by atoms with Gasteiger partial charge in [-0.15, -0.1) is 0 Å². The van der Waals surface area contributed by atoms with Gasteiger partial charge in [-0.2, -0.15) is 0 Å². The van der Waals surface area contributed by atoms with E-state index in [0.29, 0.717) is 0 Å². The summed E-state index contributed by atoms with van der Waals surface area (Å²) in [6.45, 7) is 2.44. The molecule has 0 saturated heterocycles. The fourth-order valence-electron chi connectivity index (χ4n) is 1.54. The Kier molecular flexibility index (Phi) is 4.96. The van der Waals surface area contributed by atoms with Crippen LogP contribution in [0.5, 0.6) is 5.75 Å². The Morgan fingerprint density at radius 1 is 1.20 bits per heavy atom. The van der Waals surface area contributed by atoms with Crippen LogP contribution in [-0.4, -0.2) is 24.2 Å². The van der Waals surface area contributed by atoms with E-state index in [4.69, 9.17) is 21.1 Å². The van der Waals surface area contributed by atoms with Gasteiger partial charge in [-0.3, -0.25) is 0 Å². The molecule has 104 valence electrons. The molecular formula is C15H14ClNO3. The molecule has 1 heterocycles. The van der Waals surface area contributed by atoms with Crippen LogP contribution in [0.25, 0.3) is 0 Å². The summed E-state index contributed by atoms with van der Waals surface area (Å²) in [6.07, 6.45) is 1.51. The average Bonchev–Trinajstić information content (AvgIpc) is 2.46. The van der Waals surface area contributed by atoms with Gasteiger partial charge in [0.2, 0.25) is 0 Å². The molecule has 0 bridgehead atoms. The Balaban J connectivity index is 1.77. The summed E-state index contributed by atoms with van der Waals surface area (Å²) < 4.78 is 10.5. The summed E-state index contributed by atoms with van der Waals surface area (Å²) in [5.41, 5.74) is 1.42. The molecule has 0 N–H and O–H groups in total. The lowest BCUT2D eigenvalue weighted by Gasteiger charge is -2.08. The standard InChI is InChI=1S/C15H14ClNO3/c1-11-4-6-12(7-5-11)19-9-10-20-15(18)13-3-2-8-17-14(13)16/h2-8H,9-10H2,1H3. The van der Waals surface area contributed by atoms with Crippen LogP contribution in [0, 0.1) is 6.92 Å². The van der Waals surface area contributed by atoms with E-state index in [-0.39, 0.29) is 23.9 Å². The van der Waals surface area contributed by atoms with Crippen molar-refractivity contribution in [1.29, 1.82) is 0 Å². The number of halogens is 1. The van der Waals surface area contributed by atoms with Gasteiger partial charge in [0.1, 0.15) is 24.1 Å². The Hall–Kier alpha value is -2.07. The van der Waals surface area contributed by atoms with Gasteiger partial charge in [0.05, 0.1) is 5.56 Å². The number of esters is 1. The third-order valence-electron chi connectivity index (χ3n) is 2.59. The van der Waals surface area contributed by atoms with E-state index < -0.39 is 5.97 Å². The SMILES string of the molecule is Cc1ccc(OCCOC(=O)c2cccnc2Cl)cc1. The van der Waals surface area contributed by atoms with Crippen molar-refractivity contribution in [1.82, 2.24) is 4.98 Å². The van der Waals surface area contributed by atoms with Crippen molar-refractivity contribution in [3.63, 3.8) is 0 Å². The molecule has 20 heavy (non-hydrogen) atoms. The molecule has 5 heteroatoms. The number of pyridine rings is 1. The van der Waals surface area contributed by atoms with Crippen molar-refractivity contribution in [3.8, 4) is 5.75 Å². The normalized spacial score (nSPS) is 10.1. The minimum Gasteiger partial charge on any atom is -0.490 e. The first-order valence-corrected chi connectivity index (χ1v) is 6.52. The third-order valence-corrected chi connectivity index (χ3v) is 2.89. The Labute approximate surface area is 122 Å². The van der Waals surface area contributed by atoms with Gasteiger partial charge in [0.15, 0.2) is 0 Å². The van der Waals surface area contributed by atoms with Crippen molar-refractivity contribution in [2.24, 2.45) is 0 Å². The van der Waals surface area contributed by atoms with Gasteiger partial charge < -0.3 is 9.47 Å². The lowest BCUT2D eigenvalue weighted by atomic mass is 10.2. The molecule has 0 aliphatic heterocycles. The highest BCUT2D eigenvalue weighted by Crippen LogP contribution is 2.13. The van der Waals surface area contributed by atoms with Crippen molar-refractivity contribution >= 4 is 17.6 Å². The summed E-state index contributed by atoms with van der Waals surface area (Å²) >= 11 is 5.80. The highest BCUT2D eigenvalue weighted by atomic mass is 35.5. The fraction of sp³-hybridized carbons (Fsp3) is 0.200. The average molecular weight is 292 g/mol. The summed E-state index contributed by atoms with van der Waals surface area (Å²) in [5, 5.41) is 0.136. The van der Waals surface area contributed by atoms with E-state index >= 15 is 0 Å². The number of benzene rings is 1. The molecule has 0 aliphatic rings. The first-order valence-electron chi connectivity index (χ1n) is 6.14. The highest BCUT2D eigenvalue weighted by molar-refractivity contribution is 6.32. The number of aryl methyl sites for hydroxylation is 1. The van der Waals surface area contributed by atoms with E-state index in [1.165, 1.54) is 6.20 Å². The van der Waals surface area contributed by atoms with E-state index in [1.54, 1.807) is 12.1 Å². The molecule has 0 saturated carbocycles. The predicted molar refractivity (Wildman–Crippen MR) is 76.2 cm³/mol. The van der Waals surface area contributed by atoms with E-state index in [0.717, 1.165) is 11.3 Å². The van der Waals surface area contributed by atoms with Gasteiger partial charge in [-0.1, -0.05) is 29.3 Å². The molecule has 0 radical (unpaired) electrons.